The molecule has 2 aromatic heterocycles. The van der Waals surface area contributed by atoms with Crippen LogP contribution >= 0.6 is 34.5 Å². The number of nitrogens with zero attached hydrogens (tertiary/aromatic N) is 2. The molecule has 1 atom stereocenters. The molecule has 0 saturated heterocycles. The number of aromatic nitrogens is 1. The van der Waals surface area contributed by atoms with Gasteiger partial charge in [0.05, 0.1) is 11.1 Å². The maximum Gasteiger partial charge on any atom is 0.274 e. The molecule has 3 nitrogen and oxygen atoms in total. The Bertz CT molecular complexity index is 926. The summed E-state index contributed by atoms with van der Waals surface area (Å²) in [6.07, 6.45) is 0.834. The highest BCUT2D eigenvalue weighted by Crippen LogP contribution is 2.38. The Hall–Kier alpha value is -1.88. The van der Waals surface area contributed by atoms with Crippen LogP contribution in [0.4, 0.5) is 0 Å². The van der Waals surface area contributed by atoms with E-state index in [-0.39, 0.29) is 22.8 Å². The normalized spacial score (nSPS) is 16.6. The molecule has 0 bridgehead atoms. The van der Waals surface area contributed by atoms with Crippen LogP contribution in [0.1, 0.15) is 32.5 Å². The Balaban J connectivity index is 1.80. The van der Waals surface area contributed by atoms with E-state index >= 15 is 0 Å². The summed E-state index contributed by atoms with van der Waals surface area (Å²) in [4.78, 5) is 20.5. The van der Waals surface area contributed by atoms with E-state index in [0.717, 1.165) is 12.0 Å². The molecular weight excluding hydrogens is 375 g/mol. The quantitative estimate of drug-likeness (QED) is 0.562. The number of halogens is 2. The second kappa shape index (κ2) is 6.79. The van der Waals surface area contributed by atoms with E-state index < -0.39 is 0 Å². The summed E-state index contributed by atoms with van der Waals surface area (Å²) >= 11 is 13.9. The maximum absolute atomic E-state index is 13.2. The Morgan fingerprint density at radius 3 is 2.72 bits per heavy atom. The largest absolute Gasteiger partial charge is 0.326 e. The van der Waals surface area contributed by atoms with Crippen LogP contribution in [-0.2, 0) is 6.42 Å². The SMILES string of the molecule is O=C(c1nc(Cl)ccc1Cl)N1CCc2sccc2C1c1ccccc1. The third kappa shape index (κ3) is 3.06. The molecule has 6 heteroatoms. The fourth-order valence-electron chi connectivity index (χ4n) is 3.23. The van der Waals surface area contributed by atoms with Crippen molar-refractivity contribution in [3.63, 3.8) is 0 Å². The monoisotopic (exact) mass is 388 g/mol. The van der Waals surface area contributed by atoms with Crippen molar-refractivity contribution >= 4 is 40.4 Å². The van der Waals surface area contributed by atoms with E-state index in [2.05, 4.69) is 16.4 Å². The van der Waals surface area contributed by atoms with Gasteiger partial charge in [-0.2, -0.15) is 0 Å². The molecule has 1 aliphatic rings. The van der Waals surface area contributed by atoms with Crippen LogP contribution in [0.2, 0.25) is 10.2 Å². The first kappa shape index (κ1) is 16.6. The highest BCUT2D eigenvalue weighted by molar-refractivity contribution is 7.10. The summed E-state index contributed by atoms with van der Waals surface area (Å²) in [6.45, 7) is 0.621. The lowest BCUT2D eigenvalue weighted by Crippen LogP contribution is -2.40. The van der Waals surface area contributed by atoms with Gasteiger partial charge in [-0.15, -0.1) is 11.3 Å². The fraction of sp³-hybridized carbons (Fsp3) is 0.158. The number of benzene rings is 1. The topological polar surface area (TPSA) is 33.2 Å². The predicted octanol–water partition coefficient (Wildman–Crippen LogP) is 5.24. The molecule has 25 heavy (non-hydrogen) atoms. The predicted molar refractivity (Wildman–Crippen MR) is 102 cm³/mol. The molecule has 1 aliphatic heterocycles. The fourth-order valence-corrected chi connectivity index (χ4v) is 4.47. The second-order valence-corrected chi connectivity index (χ2v) is 7.62. The van der Waals surface area contributed by atoms with Crippen LogP contribution in [0.25, 0.3) is 0 Å². The number of hydrogen-bond donors (Lipinski definition) is 0. The van der Waals surface area contributed by atoms with Crippen LogP contribution in [0.15, 0.2) is 53.9 Å². The molecule has 0 saturated carbocycles. The Kier molecular flexibility index (Phi) is 4.50. The summed E-state index contributed by atoms with van der Waals surface area (Å²) < 4.78 is 0. The van der Waals surface area contributed by atoms with E-state index in [9.17, 15) is 4.79 Å². The Morgan fingerprint density at radius 2 is 1.92 bits per heavy atom. The van der Waals surface area contributed by atoms with E-state index in [1.165, 1.54) is 10.4 Å². The van der Waals surface area contributed by atoms with Crippen LogP contribution in [0.5, 0.6) is 0 Å². The first-order valence-electron chi connectivity index (χ1n) is 7.89. The third-order valence-corrected chi connectivity index (χ3v) is 5.87. The number of fused-ring (bicyclic) bond motifs is 1. The number of carbonyl (C=O) groups is 1. The average molecular weight is 389 g/mol. The van der Waals surface area contributed by atoms with Crippen molar-refractivity contribution in [3.8, 4) is 0 Å². The molecule has 0 spiro atoms. The minimum absolute atomic E-state index is 0.138. The van der Waals surface area contributed by atoms with Crippen molar-refractivity contribution in [1.29, 1.82) is 0 Å². The standard InChI is InChI=1S/C19H14Cl2N2OS/c20-14-6-7-16(21)22-17(14)19(24)23-10-8-15-13(9-11-25-15)18(23)12-4-2-1-3-5-12/h1-7,9,11,18H,8,10H2. The van der Waals surface area contributed by atoms with Gasteiger partial charge >= 0.3 is 0 Å². The number of amides is 1. The number of hydrogen-bond acceptors (Lipinski definition) is 3. The summed E-state index contributed by atoms with van der Waals surface area (Å²) in [7, 11) is 0. The molecule has 1 amide bonds. The van der Waals surface area contributed by atoms with E-state index in [1.54, 1.807) is 23.5 Å². The smallest absolute Gasteiger partial charge is 0.274 e. The van der Waals surface area contributed by atoms with Crippen molar-refractivity contribution in [2.24, 2.45) is 0 Å². The van der Waals surface area contributed by atoms with Crippen molar-refractivity contribution in [3.05, 3.63) is 85.8 Å². The van der Waals surface area contributed by atoms with Crippen LogP contribution in [-0.4, -0.2) is 22.3 Å². The van der Waals surface area contributed by atoms with Gasteiger partial charge in [0.15, 0.2) is 0 Å². The van der Waals surface area contributed by atoms with Gasteiger partial charge in [-0.1, -0.05) is 53.5 Å². The molecule has 4 rings (SSSR count). The molecule has 0 fully saturated rings. The molecule has 1 aromatic carbocycles. The lowest BCUT2D eigenvalue weighted by atomic mass is 9.93. The third-order valence-electron chi connectivity index (χ3n) is 4.36. The van der Waals surface area contributed by atoms with Gasteiger partial charge in [0.2, 0.25) is 0 Å². The molecule has 0 radical (unpaired) electrons. The molecule has 0 aliphatic carbocycles. The van der Waals surface area contributed by atoms with Gasteiger partial charge in [-0.05, 0) is 41.1 Å². The van der Waals surface area contributed by atoms with Crippen LogP contribution in [0, 0.1) is 0 Å². The van der Waals surface area contributed by atoms with Gasteiger partial charge in [0.1, 0.15) is 10.8 Å². The maximum atomic E-state index is 13.2. The van der Waals surface area contributed by atoms with Gasteiger partial charge in [0, 0.05) is 11.4 Å². The molecule has 0 N–H and O–H groups in total. The first-order valence-corrected chi connectivity index (χ1v) is 9.53. The minimum atomic E-state index is -0.196. The molecule has 3 heterocycles. The lowest BCUT2D eigenvalue weighted by Gasteiger charge is -2.36. The van der Waals surface area contributed by atoms with Crippen molar-refractivity contribution in [2.45, 2.75) is 12.5 Å². The molecule has 3 aromatic rings. The number of thiophene rings is 1. The van der Waals surface area contributed by atoms with Gasteiger partial charge in [0.25, 0.3) is 5.91 Å². The van der Waals surface area contributed by atoms with Gasteiger partial charge < -0.3 is 4.90 Å². The number of rotatable bonds is 2. The molecular formula is C19H14Cl2N2OS. The van der Waals surface area contributed by atoms with E-state index in [1.807, 2.05) is 35.2 Å². The van der Waals surface area contributed by atoms with Crippen molar-refractivity contribution in [1.82, 2.24) is 9.88 Å². The lowest BCUT2D eigenvalue weighted by molar-refractivity contribution is 0.0690. The Morgan fingerprint density at radius 1 is 1.12 bits per heavy atom. The number of carbonyl (C=O) groups excluding carboxylic acids is 1. The highest BCUT2D eigenvalue weighted by Gasteiger charge is 2.34. The van der Waals surface area contributed by atoms with E-state index in [0.29, 0.717) is 11.6 Å². The second-order valence-electron chi connectivity index (χ2n) is 5.83. The first-order chi connectivity index (χ1) is 12.1. The van der Waals surface area contributed by atoms with E-state index in [4.69, 9.17) is 23.2 Å². The minimum Gasteiger partial charge on any atom is -0.326 e. The summed E-state index contributed by atoms with van der Waals surface area (Å²) in [5.41, 5.74) is 2.45. The van der Waals surface area contributed by atoms with Gasteiger partial charge in [-0.25, -0.2) is 4.98 Å². The highest BCUT2D eigenvalue weighted by atomic mass is 35.5. The van der Waals surface area contributed by atoms with Crippen molar-refractivity contribution < 1.29 is 4.79 Å². The van der Waals surface area contributed by atoms with Crippen LogP contribution in [0.3, 0.4) is 0 Å². The summed E-state index contributed by atoms with van der Waals surface area (Å²) in [5, 5.41) is 2.66. The van der Waals surface area contributed by atoms with Gasteiger partial charge in [-0.3, -0.25) is 4.79 Å². The van der Waals surface area contributed by atoms with Crippen molar-refractivity contribution in [2.75, 3.05) is 6.54 Å². The molecule has 126 valence electrons. The zero-order valence-corrected chi connectivity index (χ0v) is 15.5. The zero-order valence-electron chi connectivity index (χ0n) is 13.2. The van der Waals surface area contributed by atoms with Crippen LogP contribution < -0.4 is 0 Å². The Labute approximate surface area is 159 Å². The molecule has 1 unspecified atom stereocenters. The zero-order chi connectivity index (χ0) is 17.4. The summed E-state index contributed by atoms with van der Waals surface area (Å²) in [6, 6.07) is 15.2. The average Bonchev–Trinajstić information content (AvgIpc) is 3.11. The summed E-state index contributed by atoms with van der Waals surface area (Å²) in [5.74, 6) is -0.196. The number of pyridine rings is 1.